The summed E-state index contributed by atoms with van der Waals surface area (Å²) in [7, 11) is 0. The van der Waals surface area contributed by atoms with Crippen molar-refractivity contribution in [2.75, 3.05) is 4.90 Å². The zero-order valence-electron chi connectivity index (χ0n) is 24.1. The summed E-state index contributed by atoms with van der Waals surface area (Å²) in [6.07, 6.45) is 3.86. The minimum atomic E-state index is -0.112. The summed E-state index contributed by atoms with van der Waals surface area (Å²) in [6, 6.07) is 44.1. The third kappa shape index (κ3) is 3.32. The van der Waals surface area contributed by atoms with Crippen LogP contribution in [0.15, 0.2) is 134 Å². The molecule has 0 saturated carbocycles. The van der Waals surface area contributed by atoms with Gasteiger partial charge in [-0.1, -0.05) is 115 Å². The second-order valence-corrected chi connectivity index (χ2v) is 12.2. The molecule has 0 spiro atoms. The molecule has 5 aromatic carbocycles. The van der Waals surface area contributed by atoms with Gasteiger partial charge in [-0.25, -0.2) is 0 Å². The molecule has 7 aromatic rings. The van der Waals surface area contributed by atoms with Crippen LogP contribution in [-0.2, 0) is 5.41 Å². The molecule has 0 amide bonds. The number of rotatable bonds is 2. The zero-order valence-corrected chi connectivity index (χ0v) is 24.1. The molecule has 4 heteroatoms. The molecule has 2 aromatic heterocycles. The van der Waals surface area contributed by atoms with Crippen molar-refractivity contribution in [3.63, 3.8) is 0 Å². The third-order valence-electron chi connectivity index (χ3n) is 9.64. The maximum absolute atomic E-state index is 5.09. The molecule has 2 aliphatic heterocycles. The third-order valence-corrected chi connectivity index (χ3v) is 9.64. The first-order valence-electron chi connectivity index (χ1n) is 15.0. The molecule has 0 aliphatic carbocycles. The number of nitrogens with zero attached hydrogens (tertiary/aromatic N) is 3. The lowest BCUT2D eigenvalue weighted by Crippen LogP contribution is -2.55. The van der Waals surface area contributed by atoms with Crippen molar-refractivity contribution in [2.24, 2.45) is 0 Å². The number of para-hydroxylation sites is 2. The van der Waals surface area contributed by atoms with E-state index in [1.54, 1.807) is 0 Å². The van der Waals surface area contributed by atoms with Crippen molar-refractivity contribution in [1.29, 1.82) is 0 Å². The topological polar surface area (TPSA) is 29.0 Å². The van der Waals surface area contributed by atoms with Crippen LogP contribution in [0, 0.1) is 0 Å². The van der Waals surface area contributed by atoms with Crippen molar-refractivity contribution in [3.05, 3.63) is 145 Å². The predicted molar refractivity (Wildman–Crippen MR) is 180 cm³/mol. The van der Waals surface area contributed by atoms with Crippen molar-refractivity contribution in [2.45, 2.75) is 19.3 Å². The Hall–Kier alpha value is -5.22. The molecular formula is C39H28BN3. The van der Waals surface area contributed by atoms with Gasteiger partial charge in [-0.15, -0.1) is 0 Å². The van der Waals surface area contributed by atoms with E-state index in [2.05, 4.69) is 140 Å². The fourth-order valence-corrected chi connectivity index (χ4v) is 7.74. The minimum Gasteiger partial charge on any atom is -0.308 e. The van der Waals surface area contributed by atoms with Gasteiger partial charge in [-0.2, -0.15) is 0 Å². The number of hydrogen-bond acceptors (Lipinski definition) is 3. The van der Waals surface area contributed by atoms with Crippen molar-refractivity contribution >= 4 is 62.0 Å². The highest BCUT2D eigenvalue weighted by molar-refractivity contribution is 6.99. The molecule has 0 saturated heterocycles. The smallest absolute Gasteiger partial charge is 0.243 e. The first-order valence-corrected chi connectivity index (χ1v) is 15.0. The summed E-state index contributed by atoms with van der Waals surface area (Å²) in [4.78, 5) is 12.3. The van der Waals surface area contributed by atoms with Crippen molar-refractivity contribution in [1.82, 2.24) is 9.97 Å². The van der Waals surface area contributed by atoms with Crippen molar-refractivity contribution < 1.29 is 0 Å². The van der Waals surface area contributed by atoms with Crippen LogP contribution in [0.4, 0.5) is 17.1 Å². The Morgan fingerprint density at radius 1 is 0.535 bits per heavy atom. The maximum Gasteiger partial charge on any atom is 0.243 e. The van der Waals surface area contributed by atoms with Gasteiger partial charge in [0.15, 0.2) is 0 Å². The maximum atomic E-state index is 5.09. The number of fused-ring (bicyclic) bond motifs is 5. The van der Waals surface area contributed by atoms with Gasteiger partial charge in [0, 0.05) is 23.2 Å². The highest BCUT2D eigenvalue weighted by Gasteiger charge is 2.38. The number of hydrogen-bond donors (Lipinski definition) is 0. The fourth-order valence-electron chi connectivity index (χ4n) is 7.74. The quantitative estimate of drug-likeness (QED) is 0.211. The Kier molecular flexibility index (Phi) is 5.04. The number of aromatic nitrogens is 2. The predicted octanol–water partition coefficient (Wildman–Crippen LogP) is 7.39. The SMILES string of the molecule is CC1(C)c2ccccc2N(c2ccc(B3c4ccccc4-c4ccnc5cccc3c45)c3cccnc23)c2ccccc21. The molecule has 3 nitrogen and oxygen atoms in total. The average Bonchev–Trinajstić information content (AvgIpc) is 3.06. The molecule has 4 heterocycles. The lowest BCUT2D eigenvalue weighted by molar-refractivity contribution is 0.632. The first kappa shape index (κ1) is 24.4. The van der Waals surface area contributed by atoms with Gasteiger partial charge in [-0.05, 0) is 64.0 Å². The molecular weight excluding hydrogens is 521 g/mol. The Morgan fingerprint density at radius 3 is 2.07 bits per heavy atom. The van der Waals surface area contributed by atoms with Crippen molar-refractivity contribution in [3.8, 4) is 11.1 Å². The second kappa shape index (κ2) is 8.89. The van der Waals surface area contributed by atoms with Gasteiger partial charge in [0.25, 0.3) is 0 Å². The van der Waals surface area contributed by atoms with Crippen LogP contribution in [0.25, 0.3) is 32.9 Å². The van der Waals surface area contributed by atoms with Crippen LogP contribution in [0.3, 0.4) is 0 Å². The van der Waals surface area contributed by atoms with E-state index in [0.717, 1.165) is 16.7 Å². The number of benzene rings is 5. The molecule has 202 valence electrons. The van der Waals surface area contributed by atoms with Gasteiger partial charge in [0.2, 0.25) is 6.71 Å². The summed E-state index contributed by atoms with van der Waals surface area (Å²) in [5.74, 6) is 0. The summed E-state index contributed by atoms with van der Waals surface area (Å²) in [5.41, 5.74) is 14.5. The van der Waals surface area contributed by atoms with E-state index < -0.39 is 0 Å². The van der Waals surface area contributed by atoms with Crippen LogP contribution in [0.2, 0.25) is 0 Å². The molecule has 9 rings (SSSR count). The normalized spacial score (nSPS) is 14.4. The molecule has 0 N–H and O–H groups in total. The average molecular weight is 549 g/mol. The standard InChI is InChI=1S/C39H28BN3/c1-39(2)28-13-4-7-18-34(28)43(35-19-8-5-14-29(35)39)36-21-20-31(27-12-10-23-42-38(27)36)40-30-15-6-3-11-25(30)26-22-24-41-33-17-9-16-32(40)37(26)33/h3-24H,1-2H3. The van der Waals surface area contributed by atoms with Crippen LogP contribution in [0.1, 0.15) is 25.0 Å². The van der Waals surface area contributed by atoms with Gasteiger partial charge in [0.1, 0.15) is 0 Å². The largest absolute Gasteiger partial charge is 0.308 e. The molecule has 0 unspecified atom stereocenters. The molecule has 2 aliphatic rings. The zero-order chi connectivity index (χ0) is 28.7. The first-order chi connectivity index (χ1) is 21.1. The summed E-state index contributed by atoms with van der Waals surface area (Å²) < 4.78 is 0. The minimum absolute atomic E-state index is 0.0669. The molecule has 0 bridgehead atoms. The van der Waals surface area contributed by atoms with Gasteiger partial charge >= 0.3 is 0 Å². The monoisotopic (exact) mass is 549 g/mol. The van der Waals surface area contributed by atoms with E-state index in [0.29, 0.717) is 0 Å². The Bertz CT molecular complexity index is 2200. The van der Waals surface area contributed by atoms with Crippen LogP contribution in [-0.4, -0.2) is 16.7 Å². The van der Waals surface area contributed by atoms with Gasteiger partial charge < -0.3 is 4.90 Å². The molecule has 0 radical (unpaired) electrons. The summed E-state index contributed by atoms with van der Waals surface area (Å²) in [6.45, 7) is 4.72. The summed E-state index contributed by atoms with van der Waals surface area (Å²) >= 11 is 0. The number of anilines is 3. The fraction of sp³-hybridized carbons (Fsp3) is 0.0769. The number of pyridine rings is 2. The molecule has 0 fully saturated rings. The summed E-state index contributed by atoms with van der Waals surface area (Å²) in [5, 5.41) is 2.42. The molecule has 0 atom stereocenters. The van der Waals surface area contributed by atoms with E-state index >= 15 is 0 Å². The Labute approximate surface area is 251 Å². The van der Waals surface area contributed by atoms with E-state index in [1.165, 1.54) is 60.8 Å². The Morgan fingerprint density at radius 2 is 1.26 bits per heavy atom. The van der Waals surface area contributed by atoms with E-state index in [1.807, 2.05) is 12.4 Å². The van der Waals surface area contributed by atoms with E-state index in [4.69, 9.17) is 9.97 Å². The highest BCUT2D eigenvalue weighted by atomic mass is 15.2. The van der Waals surface area contributed by atoms with Crippen LogP contribution < -0.4 is 21.3 Å². The molecule has 43 heavy (non-hydrogen) atoms. The lowest BCUT2D eigenvalue weighted by Gasteiger charge is -2.42. The second-order valence-electron chi connectivity index (χ2n) is 12.2. The van der Waals surface area contributed by atoms with E-state index in [9.17, 15) is 0 Å². The Balaban J connectivity index is 1.33. The van der Waals surface area contributed by atoms with Gasteiger partial charge in [0.05, 0.1) is 28.1 Å². The van der Waals surface area contributed by atoms with Crippen LogP contribution >= 0.6 is 0 Å². The lowest BCUT2D eigenvalue weighted by atomic mass is 9.33. The van der Waals surface area contributed by atoms with E-state index in [-0.39, 0.29) is 12.1 Å². The highest BCUT2D eigenvalue weighted by Crippen LogP contribution is 2.52. The van der Waals surface area contributed by atoms with Crippen LogP contribution in [0.5, 0.6) is 0 Å². The van der Waals surface area contributed by atoms with Gasteiger partial charge in [-0.3, -0.25) is 9.97 Å².